The van der Waals surface area contributed by atoms with E-state index in [9.17, 15) is 0 Å². The van der Waals surface area contributed by atoms with Crippen LogP contribution in [0.4, 0.5) is 0 Å². The van der Waals surface area contributed by atoms with Crippen molar-refractivity contribution >= 4 is 0 Å². The Labute approximate surface area is 96.8 Å². The van der Waals surface area contributed by atoms with Gasteiger partial charge in [0.05, 0.1) is 0 Å². The Kier molecular flexibility index (Phi) is 3.34. The van der Waals surface area contributed by atoms with Gasteiger partial charge in [-0.15, -0.1) is 0 Å². The van der Waals surface area contributed by atoms with Crippen molar-refractivity contribution in [2.75, 3.05) is 6.61 Å². The molecule has 0 bridgehead atoms. The standard InChI is InChI=1S/C13H19NO2/c1-9(2)14-10(3)13-8-15-11-6-4-5-7-12(11)16-13/h4-7,9-10,13-14H,8H2,1-3H3. The van der Waals surface area contributed by atoms with Crippen LogP contribution in [0.25, 0.3) is 0 Å². The molecule has 0 radical (unpaired) electrons. The minimum atomic E-state index is 0.0808. The second-order valence-corrected chi connectivity index (χ2v) is 4.52. The van der Waals surface area contributed by atoms with Gasteiger partial charge in [-0.05, 0) is 19.1 Å². The minimum Gasteiger partial charge on any atom is -0.486 e. The third-order valence-corrected chi connectivity index (χ3v) is 2.68. The topological polar surface area (TPSA) is 30.5 Å². The van der Waals surface area contributed by atoms with Crippen molar-refractivity contribution in [1.29, 1.82) is 0 Å². The van der Waals surface area contributed by atoms with E-state index in [4.69, 9.17) is 9.47 Å². The number of hydrogen-bond acceptors (Lipinski definition) is 3. The van der Waals surface area contributed by atoms with Gasteiger partial charge < -0.3 is 14.8 Å². The van der Waals surface area contributed by atoms with Crippen molar-refractivity contribution in [3.63, 3.8) is 0 Å². The van der Waals surface area contributed by atoms with Crippen LogP contribution < -0.4 is 14.8 Å². The summed E-state index contributed by atoms with van der Waals surface area (Å²) in [5, 5.41) is 3.44. The zero-order valence-corrected chi connectivity index (χ0v) is 10.1. The maximum atomic E-state index is 5.91. The third kappa shape index (κ3) is 2.47. The third-order valence-electron chi connectivity index (χ3n) is 2.68. The molecule has 2 unspecified atom stereocenters. The number of nitrogens with one attached hydrogen (secondary N) is 1. The Balaban J connectivity index is 2.02. The van der Waals surface area contributed by atoms with Crippen molar-refractivity contribution in [3.8, 4) is 11.5 Å². The quantitative estimate of drug-likeness (QED) is 0.849. The van der Waals surface area contributed by atoms with Crippen LogP contribution in [0.5, 0.6) is 11.5 Å². The normalized spacial score (nSPS) is 20.9. The van der Waals surface area contributed by atoms with Gasteiger partial charge >= 0.3 is 0 Å². The Bertz CT molecular complexity index is 352. The molecule has 1 N–H and O–H groups in total. The summed E-state index contributed by atoms with van der Waals surface area (Å²) in [4.78, 5) is 0. The summed E-state index contributed by atoms with van der Waals surface area (Å²) in [7, 11) is 0. The fraction of sp³-hybridized carbons (Fsp3) is 0.538. The number of rotatable bonds is 3. The van der Waals surface area contributed by atoms with Crippen LogP contribution in [0.1, 0.15) is 20.8 Å². The average molecular weight is 221 g/mol. The molecular formula is C13H19NO2. The number of benzene rings is 1. The summed E-state index contributed by atoms with van der Waals surface area (Å²) in [6, 6.07) is 8.54. The van der Waals surface area contributed by atoms with Crippen LogP contribution in [0.15, 0.2) is 24.3 Å². The van der Waals surface area contributed by atoms with Crippen LogP contribution in [0.2, 0.25) is 0 Å². The highest BCUT2D eigenvalue weighted by Crippen LogP contribution is 2.31. The van der Waals surface area contributed by atoms with Gasteiger partial charge in [-0.3, -0.25) is 0 Å². The van der Waals surface area contributed by atoms with Gasteiger partial charge in [0.2, 0.25) is 0 Å². The lowest BCUT2D eigenvalue weighted by Crippen LogP contribution is -2.48. The number of ether oxygens (including phenoxy) is 2. The smallest absolute Gasteiger partial charge is 0.161 e. The van der Waals surface area contributed by atoms with Crippen LogP contribution in [-0.4, -0.2) is 24.8 Å². The molecule has 3 heteroatoms. The van der Waals surface area contributed by atoms with E-state index in [1.807, 2.05) is 24.3 Å². The van der Waals surface area contributed by atoms with E-state index in [1.54, 1.807) is 0 Å². The molecule has 1 aromatic rings. The zero-order chi connectivity index (χ0) is 11.5. The molecule has 0 aliphatic carbocycles. The summed E-state index contributed by atoms with van der Waals surface area (Å²) in [5.74, 6) is 1.69. The van der Waals surface area contributed by atoms with Gasteiger partial charge in [-0.1, -0.05) is 26.0 Å². The van der Waals surface area contributed by atoms with Gasteiger partial charge in [0, 0.05) is 12.1 Å². The van der Waals surface area contributed by atoms with Gasteiger partial charge in [-0.2, -0.15) is 0 Å². The molecule has 2 atom stereocenters. The predicted octanol–water partition coefficient (Wildman–Crippen LogP) is 2.21. The molecule has 0 amide bonds. The molecule has 1 aliphatic heterocycles. The van der Waals surface area contributed by atoms with Crippen LogP contribution in [-0.2, 0) is 0 Å². The number of para-hydroxylation sites is 2. The molecule has 1 aromatic carbocycles. The van der Waals surface area contributed by atoms with Crippen LogP contribution in [0.3, 0.4) is 0 Å². The lowest BCUT2D eigenvalue weighted by molar-refractivity contribution is 0.0645. The highest BCUT2D eigenvalue weighted by Gasteiger charge is 2.25. The SMILES string of the molecule is CC(C)NC(C)C1COc2ccccc2O1. The van der Waals surface area contributed by atoms with Crippen molar-refractivity contribution in [1.82, 2.24) is 5.32 Å². The molecule has 0 spiro atoms. The molecular weight excluding hydrogens is 202 g/mol. The molecule has 2 rings (SSSR count). The summed E-state index contributed by atoms with van der Waals surface area (Å²) in [6.45, 7) is 7.00. The molecule has 1 aliphatic rings. The largest absolute Gasteiger partial charge is 0.486 e. The van der Waals surface area contributed by atoms with E-state index in [0.29, 0.717) is 12.6 Å². The molecule has 88 valence electrons. The maximum absolute atomic E-state index is 5.91. The summed E-state index contributed by atoms with van der Waals surface area (Å²) >= 11 is 0. The monoisotopic (exact) mass is 221 g/mol. The Morgan fingerprint density at radius 2 is 1.88 bits per heavy atom. The highest BCUT2D eigenvalue weighted by atomic mass is 16.6. The first kappa shape index (κ1) is 11.3. The molecule has 0 aromatic heterocycles. The van der Waals surface area contributed by atoms with Crippen molar-refractivity contribution < 1.29 is 9.47 Å². The summed E-state index contributed by atoms with van der Waals surface area (Å²) in [5.41, 5.74) is 0. The van der Waals surface area contributed by atoms with Gasteiger partial charge in [0.25, 0.3) is 0 Å². The van der Waals surface area contributed by atoms with E-state index < -0.39 is 0 Å². The molecule has 0 fully saturated rings. The maximum Gasteiger partial charge on any atom is 0.161 e. The fourth-order valence-electron chi connectivity index (χ4n) is 1.92. The lowest BCUT2D eigenvalue weighted by atomic mass is 10.1. The van der Waals surface area contributed by atoms with Crippen molar-refractivity contribution in [2.24, 2.45) is 0 Å². The molecule has 0 saturated heterocycles. The number of fused-ring (bicyclic) bond motifs is 1. The molecule has 3 nitrogen and oxygen atoms in total. The second kappa shape index (κ2) is 4.74. The Morgan fingerprint density at radius 3 is 2.56 bits per heavy atom. The average Bonchev–Trinajstić information content (AvgIpc) is 2.27. The zero-order valence-electron chi connectivity index (χ0n) is 10.1. The Hall–Kier alpha value is -1.22. The minimum absolute atomic E-state index is 0.0808. The first-order valence-corrected chi connectivity index (χ1v) is 5.81. The van der Waals surface area contributed by atoms with E-state index in [0.717, 1.165) is 11.5 Å². The van der Waals surface area contributed by atoms with E-state index >= 15 is 0 Å². The molecule has 1 heterocycles. The van der Waals surface area contributed by atoms with Crippen LogP contribution in [0, 0.1) is 0 Å². The first-order chi connectivity index (χ1) is 7.66. The van der Waals surface area contributed by atoms with Gasteiger partial charge in [0.15, 0.2) is 11.5 Å². The summed E-state index contributed by atoms with van der Waals surface area (Å²) in [6.07, 6.45) is 0.0808. The summed E-state index contributed by atoms with van der Waals surface area (Å²) < 4.78 is 11.6. The van der Waals surface area contributed by atoms with E-state index in [2.05, 4.69) is 26.1 Å². The second-order valence-electron chi connectivity index (χ2n) is 4.52. The molecule has 16 heavy (non-hydrogen) atoms. The highest BCUT2D eigenvalue weighted by molar-refractivity contribution is 5.40. The lowest BCUT2D eigenvalue weighted by Gasteiger charge is -2.31. The predicted molar refractivity (Wildman–Crippen MR) is 64.1 cm³/mol. The van der Waals surface area contributed by atoms with E-state index in [-0.39, 0.29) is 12.1 Å². The van der Waals surface area contributed by atoms with Crippen LogP contribution >= 0.6 is 0 Å². The van der Waals surface area contributed by atoms with Gasteiger partial charge in [0.1, 0.15) is 12.7 Å². The fourth-order valence-corrected chi connectivity index (χ4v) is 1.92. The first-order valence-electron chi connectivity index (χ1n) is 5.81. The van der Waals surface area contributed by atoms with Crippen molar-refractivity contribution in [3.05, 3.63) is 24.3 Å². The Morgan fingerprint density at radius 1 is 1.19 bits per heavy atom. The number of hydrogen-bond donors (Lipinski definition) is 1. The van der Waals surface area contributed by atoms with Crippen molar-refractivity contribution in [2.45, 2.75) is 39.0 Å². The molecule has 0 saturated carbocycles. The van der Waals surface area contributed by atoms with Gasteiger partial charge in [-0.25, -0.2) is 0 Å². The van der Waals surface area contributed by atoms with E-state index in [1.165, 1.54) is 0 Å².